The second-order valence-corrected chi connectivity index (χ2v) is 9.49. The summed E-state index contributed by atoms with van der Waals surface area (Å²) < 4.78 is 6.28. The Morgan fingerprint density at radius 1 is 1.13 bits per heavy atom. The lowest BCUT2D eigenvalue weighted by Crippen LogP contribution is -2.30. The maximum absolute atomic E-state index is 12.9. The fraction of sp³-hybridized carbons (Fsp3) is 0.318. The molecule has 1 saturated heterocycles. The molecule has 8 nitrogen and oxygen atoms in total. The SMILES string of the molecule is O=C1[C@@H]2[C@@H](C(=O)N1/N=C\c1ccc(-c3ccc(Br)cc3[N+](=O)[O-])o1)[C@H]1C=C[C@H]2C12CC2. The third-order valence-electron chi connectivity index (χ3n) is 7.18. The van der Waals surface area contributed by atoms with Crippen LogP contribution >= 0.6 is 15.9 Å². The maximum atomic E-state index is 12.9. The Kier molecular flexibility index (Phi) is 3.75. The molecule has 9 heteroatoms. The van der Waals surface area contributed by atoms with Crippen molar-refractivity contribution in [3.05, 3.63) is 62.8 Å². The van der Waals surface area contributed by atoms with Gasteiger partial charge in [0.15, 0.2) is 0 Å². The van der Waals surface area contributed by atoms with Gasteiger partial charge in [-0.2, -0.15) is 10.1 Å². The first-order valence-corrected chi connectivity index (χ1v) is 10.8. The quantitative estimate of drug-likeness (QED) is 0.214. The molecule has 0 N–H and O–H groups in total. The topological polar surface area (TPSA) is 106 Å². The number of amides is 2. The van der Waals surface area contributed by atoms with Crippen molar-refractivity contribution in [3.8, 4) is 11.3 Å². The molecule has 2 aromatic rings. The number of hydrogen-bond acceptors (Lipinski definition) is 6. The summed E-state index contributed by atoms with van der Waals surface area (Å²) in [6.45, 7) is 0. The first-order chi connectivity index (χ1) is 14.9. The lowest BCUT2D eigenvalue weighted by molar-refractivity contribution is -0.384. The third kappa shape index (κ3) is 2.49. The number of nitro groups is 1. The first kappa shape index (κ1) is 18.7. The second-order valence-electron chi connectivity index (χ2n) is 8.57. The van der Waals surface area contributed by atoms with Gasteiger partial charge in [0.1, 0.15) is 11.5 Å². The molecular formula is C22H16BrN3O5. The Labute approximate surface area is 184 Å². The normalized spacial score (nSPS) is 29.5. The maximum Gasteiger partial charge on any atom is 0.281 e. The van der Waals surface area contributed by atoms with E-state index in [2.05, 4.69) is 33.2 Å². The number of hydrazone groups is 1. The Morgan fingerprint density at radius 3 is 2.42 bits per heavy atom. The van der Waals surface area contributed by atoms with Crippen molar-refractivity contribution in [3.63, 3.8) is 0 Å². The van der Waals surface area contributed by atoms with E-state index in [9.17, 15) is 19.7 Å². The fourth-order valence-electron chi connectivity index (χ4n) is 5.72. The number of carbonyl (C=O) groups excluding carboxylic acids is 2. The van der Waals surface area contributed by atoms with Crippen LogP contribution in [0.15, 0.2) is 56.5 Å². The number of nitro benzene ring substituents is 1. The van der Waals surface area contributed by atoms with E-state index in [4.69, 9.17) is 4.42 Å². The van der Waals surface area contributed by atoms with Crippen LogP contribution in [0.5, 0.6) is 0 Å². The molecule has 6 rings (SSSR count). The van der Waals surface area contributed by atoms with Crippen LogP contribution in [0.4, 0.5) is 5.69 Å². The third-order valence-corrected chi connectivity index (χ3v) is 7.67. The number of nitrogens with zero attached hydrogens (tertiary/aromatic N) is 3. The van der Waals surface area contributed by atoms with Gasteiger partial charge in [0, 0.05) is 10.5 Å². The van der Waals surface area contributed by atoms with Gasteiger partial charge < -0.3 is 4.42 Å². The van der Waals surface area contributed by atoms with E-state index >= 15 is 0 Å². The van der Waals surface area contributed by atoms with Gasteiger partial charge in [-0.25, -0.2) is 0 Å². The van der Waals surface area contributed by atoms with Crippen molar-refractivity contribution in [2.45, 2.75) is 12.8 Å². The van der Waals surface area contributed by atoms with E-state index in [1.807, 2.05) is 0 Å². The molecule has 2 bridgehead atoms. The highest BCUT2D eigenvalue weighted by molar-refractivity contribution is 9.10. The summed E-state index contributed by atoms with van der Waals surface area (Å²) in [6, 6.07) is 7.88. The van der Waals surface area contributed by atoms with Crippen LogP contribution in [0.1, 0.15) is 18.6 Å². The number of benzene rings is 1. The Balaban J connectivity index is 1.25. The van der Waals surface area contributed by atoms with Crippen LogP contribution in [-0.2, 0) is 9.59 Å². The monoisotopic (exact) mass is 481 g/mol. The van der Waals surface area contributed by atoms with E-state index < -0.39 is 4.92 Å². The molecular weight excluding hydrogens is 466 g/mol. The van der Waals surface area contributed by atoms with E-state index in [1.165, 1.54) is 12.3 Å². The molecule has 1 aliphatic heterocycles. The highest BCUT2D eigenvalue weighted by Crippen LogP contribution is 2.73. The van der Waals surface area contributed by atoms with Crippen molar-refractivity contribution in [2.24, 2.45) is 34.2 Å². The molecule has 31 heavy (non-hydrogen) atoms. The molecule has 0 radical (unpaired) electrons. The van der Waals surface area contributed by atoms with Crippen LogP contribution in [0, 0.1) is 39.2 Å². The van der Waals surface area contributed by atoms with E-state index in [1.54, 1.807) is 24.3 Å². The standard InChI is InChI=1S/C22H16BrN3O5/c23-11-1-3-13(16(9-11)26(29)30)17-6-2-12(31-17)10-24-25-20(27)18-14-4-5-15(19(18)21(25)28)22(14)7-8-22/h1-6,9-10,14-15,18-19H,7-8H2/b24-10-/t14-,15-,18+,19+/m1/s1. The summed E-state index contributed by atoms with van der Waals surface area (Å²) in [6.07, 6.45) is 7.71. The van der Waals surface area contributed by atoms with Crippen molar-refractivity contribution in [2.75, 3.05) is 0 Å². The Hall–Kier alpha value is -3.07. The summed E-state index contributed by atoms with van der Waals surface area (Å²) in [5.41, 5.74) is 0.376. The Bertz CT molecular complexity index is 1190. The smallest absolute Gasteiger partial charge is 0.281 e. The molecule has 2 amide bonds. The molecule has 1 aromatic heterocycles. The number of carbonyl (C=O) groups is 2. The van der Waals surface area contributed by atoms with Crippen molar-refractivity contribution in [1.82, 2.24) is 5.01 Å². The van der Waals surface area contributed by atoms with Crippen LogP contribution in [0.25, 0.3) is 11.3 Å². The number of hydrogen-bond donors (Lipinski definition) is 0. The number of furan rings is 1. The minimum absolute atomic E-state index is 0.0954. The van der Waals surface area contributed by atoms with Gasteiger partial charge >= 0.3 is 0 Å². The van der Waals surface area contributed by atoms with E-state index in [-0.39, 0.29) is 46.6 Å². The number of rotatable bonds is 4. The highest BCUT2D eigenvalue weighted by Gasteiger charge is 2.73. The largest absolute Gasteiger partial charge is 0.455 e. The summed E-state index contributed by atoms with van der Waals surface area (Å²) in [5.74, 6) is -0.215. The molecule has 0 unspecified atom stereocenters. The van der Waals surface area contributed by atoms with E-state index in [0.29, 0.717) is 21.6 Å². The summed E-state index contributed by atoms with van der Waals surface area (Å²) in [4.78, 5) is 36.8. The van der Waals surface area contributed by atoms with Gasteiger partial charge in [0.25, 0.3) is 17.5 Å². The molecule has 4 atom stereocenters. The van der Waals surface area contributed by atoms with E-state index in [0.717, 1.165) is 17.9 Å². The van der Waals surface area contributed by atoms with Crippen LogP contribution in [0.3, 0.4) is 0 Å². The minimum atomic E-state index is -0.480. The molecule has 3 aliphatic carbocycles. The molecule has 2 heterocycles. The van der Waals surface area contributed by atoms with Gasteiger partial charge in [-0.3, -0.25) is 19.7 Å². The van der Waals surface area contributed by atoms with Crippen molar-refractivity contribution >= 4 is 39.6 Å². The van der Waals surface area contributed by atoms with Gasteiger partial charge in [0.2, 0.25) is 0 Å². The molecule has 156 valence electrons. The zero-order valence-corrected chi connectivity index (χ0v) is 17.7. The Morgan fingerprint density at radius 2 is 1.81 bits per heavy atom. The van der Waals surface area contributed by atoms with Crippen molar-refractivity contribution < 1.29 is 18.9 Å². The van der Waals surface area contributed by atoms with Crippen LogP contribution in [0.2, 0.25) is 0 Å². The molecule has 1 aromatic carbocycles. The van der Waals surface area contributed by atoms with Gasteiger partial charge in [-0.15, -0.1) is 0 Å². The predicted octanol–water partition coefficient (Wildman–Crippen LogP) is 4.15. The first-order valence-electron chi connectivity index (χ1n) is 10.0. The predicted molar refractivity (Wildman–Crippen MR) is 113 cm³/mol. The molecule has 2 saturated carbocycles. The van der Waals surface area contributed by atoms with Crippen LogP contribution < -0.4 is 0 Å². The molecule has 3 fully saturated rings. The summed E-state index contributed by atoms with van der Waals surface area (Å²) >= 11 is 3.23. The summed E-state index contributed by atoms with van der Waals surface area (Å²) in [5, 5.41) is 16.5. The minimum Gasteiger partial charge on any atom is -0.455 e. The lowest BCUT2D eigenvalue weighted by Gasteiger charge is -2.18. The second kappa shape index (κ2) is 6.23. The van der Waals surface area contributed by atoms with Gasteiger partial charge in [0.05, 0.1) is 28.5 Å². The fourth-order valence-corrected chi connectivity index (χ4v) is 6.07. The number of halogens is 1. The number of fused-ring (bicyclic) bond motifs is 3. The van der Waals surface area contributed by atoms with Crippen molar-refractivity contribution in [1.29, 1.82) is 0 Å². The van der Waals surface area contributed by atoms with Gasteiger partial charge in [-0.1, -0.05) is 28.1 Å². The lowest BCUT2D eigenvalue weighted by atomic mass is 9.85. The molecule has 4 aliphatic rings. The average Bonchev–Trinajstić information content (AvgIpc) is 3.03. The highest BCUT2D eigenvalue weighted by atomic mass is 79.9. The zero-order valence-electron chi connectivity index (χ0n) is 16.1. The number of imide groups is 1. The van der Waals surface area contributed by atoms with Gasteiger partial charge in [-0.05, 0) is 54.4 Å². The number of allylic oxidation sites excluding steroid dienone is 2. The summed E-state index contributed by atoms with van der Waals surface area (Å²) in [7, 11) is 0. The average molecular weight is 482 g/mol. The zero-order chi connectivity index (χ0) is 21.5. The van der Waals surface area contributed by atoms with Crippen LogP contribution in [-0.4, -0.2) is 28.0 Å². The molecule has 1 spiro atoms.